The minimum absolute atomic E-state index is 0.149. The van der Waals surface area contributed by atoms with Gasteiger partial charge in [0.25, 0.3) is 0 Å². The van der Waals surface area contributed by atoms with Gasteiger partial charge >= 0.3 is 0 Å². The molecule has 0 heterocycles. The van der Waals surface area contributed by atoms with E-state index in [2.05, 4.69) is 0 Å². The van der Waals surface area contributed by atoms with E-state index in [1.54, 1.807) is 44.6 Å². The lowest BCUT2D eigenvalue weighted by molar-refractivity contribution is 0.104. The molecule has 0 radical (unpaired) electrons. The van der Waals surface area contributed by atoms with E-state index in [4.69, 9.17) is 18.9 Å². The number of ketones is 1. The highest BCUT2D eigenvalue weighted by Gasteiger charge is 2.12. The Bertz CT molecular complexity index is 1310. The zero-order valence-electron chi connectivity index (χ0n) is 20.3. The molecule has 182 valence electrons. The molecule has 0 aromatic heterocycles. The van der Waals surface area contributed by atoms with Crippen molar-refractivity contribution in [3.05, 3.63) is 125 Å². The average Bonchev–Trinajstić information content (AvgIpc) is 2.94. The summed E-state index contributed by atoms with van der Waals surface area (Å²) in [6, 6.07) is 30.5. The lowest BCUT2D eigenvalue weighted by atomic mass is 10.1. The van der Waals surface area contributed by atoms with Gasteiger partial charge in [0.05, 0.1) is 14.2 Å². The lowest BCUT2D eigenvalue weighted by Crippen LogP contribution is -2.03. The van der Waals surface area contributed by atoms with Gasteiger partial charge in [-0.05, 0) is 53.1 Å². The first-order chi connectivity index (χ1) is 17.7. The molecule has 36 heavy (non-hydrogen) atoms. The number of methoxy groups -OCH3 is 2. The number of hydrogen-bond donors (Lipinski definition) is 0. The van der Waals surface area contributed by atoms with E-state index < -0.39 is 0 Å². The molecule has 4 rings (SSSR count). The molecule has 0 aliphatic rings. The Balaban J connectivity index is 1.53. The van der Waals surface area contributed by atoms with E-state index in [1.165, 1.54) is 6.08 Å². The van der Waals surface area contributed by atoms with Gasteiger partial charge in [0.2, 0.25) is 0 Å². The van der Waals surface area contributed by atoms with Crippen LogP contribution in [-0.2, 0) is 13.2 Å². The number of carbonyl (C=O) groups is 1. The maximum absolute atomic E-state index is 13.0. The van der Waals surface area contributed by atoms with Crippen LogP contribution in [0.4, 0.5) is 0 Å². The Kier molecular flexibility index (Phi) is 8.39. The standard InChI is InChI=1S/C31H28O5/c1-33-28-17-14-23(19-30(28)34-2)13-16-27(32)26-15-18-29(35-21-24-9-5-3-6-10-24)31(20-26)36-22-25-11-7-4-8-12-25/h3-20H,21-22H2,1-2H3/b16-13+. The second-order valence-electron chi connectivity index (χ2n) is 8.02. The van der Waals surface area contributed by atoms with Crippen LogP contribution in [-0.4, -0.2) is 20.0 Å². The molecule has 0 aliphatic carbocycles. The van der Waals surface area contributed by atoms with Crippen LogP contribution in [0, 0.1) is 0 Å². The molecule has 4 aromatic carbocycles. The van der Waals surface area contributed by atoms with Crippen LogP contribution in [0.1, 0.15) is 27.0 Å². The second kappa shape index (κ2) is 12.3. The third kappa shape index (κ3) is 6.54. The molecule has 0 bridgehead atoms. The summed E-state index contributed by atoms with van der Waals surface area (Å²) in [7, 11) is 3.16. The number of benzene rings is 4. The minimum atomic E-state index is -0.149. The zero-order valence-corrected chi connectivity index (χ0v) is 20.3. The zero-order chi connectivity index (χ0) is 25.2. The smallest absolute Gasteiger partial charge is 0.185 e. The van der Waals surface area contributed by atoms with Gasteiger partial charge in [-0.15, -0.1) is 0 Å². The monoisotopic (exact) mass is 480 g/mol. The fourth-order valence-corrected chi connectivity index (χ4v) is 3.59. The van der Waals surface area contributed by atoms with Crippen LogP contribution in [0.5, 0.6) is 23.0 Å². The van der Waals surface area contributed by atoms with E-state index in [0.717, 1.165) is 16.7 Å². The third-order valence-electron chi connectivity index (χ3n) is 5.54. The van der Waals surface area contributed by atoms with Crippen molar-refractivity contribution in [1.82, 2.24) is 0 Å². The molecule has 0 saturated carbocycles. The van der Waals surface area contributed by atoms with Crippen molar-refractivity contribution in [2.24, 2.45) is 0 Å². The molecule has 5 nitrogen and oxygen atoms in total. The van der Waals surface area contributed by atoms with E-state index in [9.17, 15) is 4.79 Å². The topological polar surface area (TPSA) is 54.0 Å². The molecule has 0 aliphatic heterocycles. The van der Waals surface area contributed by atoms with Crippen molar-refractivity contribution in [3.8, 4) is 23.0 Å². The molecule has 0 saturated heterocycles. The molecule has 0 atom stereocenters. The Labute approximate surface area is 211 Å². The fourth-order valence-electron chi connectivity index (χ4n) is 3.59. The molecular weight excluding hydrogens is 452 g/mol. The highest BCUT2D eigenvalue weighted by molar-refractivity contribution is 6.07. The number of ether oxygens (including phenoxy) is 4. The first-order valence-corrected chi connectivity index (χ1v) is 11.6. The van der Waals surface area contributed by atoms with Gasteiger partial charge in [-0.1, -0.05) is 72.8 Å². The first-order valence-electron chi connectivity index (χ1n) is 11.6. The normalized spacial score (nSPS) is 10.7. The van der Waals surface area contributed by atoms with Crippen molar-refractivity contribution in [3.63, 3.8) is 0 Å². The maximum atomic E-state index is 13.0. The average molecular weight is 481 g/mol. The quantitative estimate of drug-likeness (QED) is 0.175. The summed E-state index contributed by atoms with van der Waals surface area (Å²) in [4.78, 5) is 13.0. The fraction of sp³-hybridized carbons (Fsp3) is 0.129. The number of hydrogen-bond acceptors (Lipinski definition) is 5. The van der Waals surface area contributed by atoms with Crippen molar-refractivity contribution < 1.29 is 23.7 Å². The maximum Gasteiger partial charge on any atom is 0.185 e. The number of allylic oxidation sites excluding steroid dienone is 1. The SMILES string of the molecule is COc1ccc(/C=C/C(=O)c2ccc(OCc3ccccc3)c(OCc3ccccc3)c2)cc1OC. The summed E-state index contributed by atoms with van der Waals surface area (Å²) in [5.41, 5.74) is 3.40. The molecular formula is C31H28O5. The third-order valence-corrected chi connectivity index (χ3v) is 5.54. The van der Waals surface area contributed by atoms with Gasteiger partial charge in [-0.2, -0.15) is 0 Å². The Morgan fingerprint density at radius 3 is 1.83 bits per heavy atom. The summed E-state index contributed by atoms with van der Waals surface area (Å²) in [6.07, 6.45) is 3.27. The van der Waals surface area contributed by atoms with Crippen molar-refractivity contribution in [2.45, 2.75) is 13.2 Å². The molecule has 0 fully saturated rings. The Morgan fingerprint density at radius 1 is 0.639 bits per heavy atom. The predicted octanol–water partition coefficient (Wildman–Crippen LogP) is 6.76. The van der Waals surface area contributed by atoms with Crippen LogP contribution >= 0.6 is 0 Å². The van der Waals surface area contributed by atoms with Crippen LogP contribution in [0.2, 0.25) is 0 Å². The van der Waals surface area contributed by atoms with Crippen LogP contribution in [0.3, 0.4) is 0 Å². The Morgan fingerprint density at radius 2 is 1.22 bits per heavy atom. The van der Waals surface area contributed by atoms with Crippen molar-refractivity contribution >= 4 is 11.9 Å². The van der Waals surface area contributed by atoms with Gasteiger partial charge in [0.1, 0.15) is 13.2 Å². The first kappa shape index (κ1) is 24.6. The number of rotatable bonds is 11. The van der Waals surface area contributed by atoms with Gasteiger partial charge in [-0.3, -0.25) is 4.79 Å². The summed E-state index contributed by atoms with van der Waals surface area (Å²) in [5.74, 6) is 2.18. The van der Waals surface area contributed by atoms with Crippen molar-refractivity contribution in [2.75, 3.05) is 14.2 Å². The second-order valence-corrected chi connectivity index (χ2v) is 8.02. The van der Waals surface area contributed by atoms with Crippen LogP contribution < -0.4 is 18.9 Å². The number of carbonyl (C=O) groups excluding carboxylic acids is 1. The van der Waals surface area contributed by atoms with Crippen molar-refractivity contribution in [1.29, 1.82) is 0 Å². The van der Waals surface area contributed by atoms with Gasteiger partial charge < -0.3 is 18.9 Å². The van der Waals surface area contributed by atoms with Gasteiger partial charge in [0.15, 0.2) is 28.8 Å². The highest BCUT2D eigenvalue weighted by Crippen LogP contribution is 2.31. The van der Waals surface area contributed by atoms with E-state index >= 15 is 0 Å². The molecule has 5 heteroatoms. The summed E-state index contributed by atoms with van der Waals surface area (Å²) in [5, 5.41) is 0. The minimum Gasteiger partial charge on any atom is -0.493 e. The highest BCUT2D eigenvalue weighted by atomic mass is 16.5. The van der Waals surface area contributed by atoms with E-state index in [1.807, 2.05) is 72.8 Å². The van der Waals surface area contributed by atoms with Crippen LogP contribution in [0.25, 0.3) is 6.08 Å². The van der Waals surface area contributed by atoms with Crippen LogP contribution in [0.15, 0.2) is 103 Å². The van der Waals surface area contributed by atoms with Gasteiger partial charge in [-0.25, -0.2) is 0 Å². The lowest BCUT2D eigenvalue weighted by Gasteiger charge is -2.14. The largest absolute Gasteiger partial charge is 0.493 e. The summed E-state index contributed by atoms with van der Waals surface area (Å²) < 4.78 is 22.7. The molecule has 4 aromatic rings. The van der Waals surface area contributed by atoms with E-state index in [-0.39, 0.29) is 5.78 Å². The molecule has 0 N–H and O–H groups in total. The summed E-state index contributed by atoms with van der Waals surface area (Å²) >= 11 is 0. The van der Waals surface area contributed by atoms with Gasteiger partial charge in [0, 0.05) is 5.56 Å². The molecule has 0 amide bonds. The Hall–Kier alpha value is -4.51. The summed E-state index contributed by atoms with van der Waals surface area (Å²) in [6.45, 7) is 0.761. The molecule has 0 spiro atoms. The predicted molar refractivity (Wildman–Crippen MR) is 141 cm³/mol. The molecule has 0 unspecified atom stereocenters. The van der Waals surface area contributed by atoms with E-state index in [0.29, 0.717) is 41.8 Å².